The van der Waals surface area contributed by atoms with Gasteiger partial charge in [-0.15, -0.1) is 0 Å². The lowest BCUT2D eigenvalue weighted by molar-refractivity contribution is 1.25. The Hall–Kier alpha value is -3.34. The number of pyridine rings is 2. The van der Waals surface area contributed by atoms with Crippen LogP contribution in [0.2, 0.25) is 0 Å². The Morgan fingerprint density at radius 3 is 2.26 bits per heavy atom. The smallest absolute Gasteiger partial charge is 0.132 e. The minimum atomic E-state index is 0.750. The van der Waals surface area contributed by atoms with Gasteiger partial charge in [0.2, 0.25) is 0 Å². The predicted molar refractivity (Wildman–Crippen MR) is 90.3 cm³/mol. The number of hydrogen-bond donors (Lipinski definition) is 1. The third-order valence-corrected chi connectivity index (χ3v) is 3.48. The van der Waals surface area contributed by atoms with E-state index in [9.17, 15) is 0 Å². The molecule has 0 radical (unpaired) electrons. The molecular formula is C18H13N5. The van der Waals surface area contributed by atoms with Crippen LogP contribution in [0.1, 0.15) is 0 Å². The quantitative estimate of drug-likeness (QED) is 0.623. The van der Waals surface area contributed by atoms with E-state index in [0.29, 0.717) is 0 Å². The van der Waals surface area contributed by atoms with Crippen molar-refractivity contribution in [1.29, 1.82) is 0 Å². The van der Waals surface area contributed by atoms with E-state index in [-0.39, 0.29) is 0 Å². The molecule has 0 atom stereocenters. The number of nitrogens with one attached hydrogen (secondary N) is 1. The van der Waals surface area contributed by atoms with Crippen LogP contribution in [-0.2, 0) is 0 Å². The molecule has 4 aromatic rings. The highest BCUT2D eigenvalue weighted by atomic mass is 15.0. The van der Waals surface area contributed by atoms with Crippen LogP contribution in [0.25, 0.3) is 22.2 Å². The largest absolute Gasteiger partial charge is 0.325 e. The van der Waals surface area contributed by atoms with E-state index in [1.54, 1.807) is 24.8 Å². The summed E-state index contributed by atoms with van der Waals surface area (Å²) in [6, 6.07) is 15.7. The average Bonchev–Trinajstić information content (AvgIpc) is 2.62. The zero-order valence-corrected chi connectivity index (χ0v) is 12.2. The minimum Gasteiger partial charge on any atom is -0.325 e. The van der Waals surface area contributed by atoms with Crippen LogP contribution in [0, 0.1) is 0 Å². The molecule has 0 aliphatic heterocycles. The van der Waals surface area contributed by atoms with Crippen molar-refractivity contribution in [2.24, 2.45) is 0 Å². The lowest BCUT2D eigenvalue weighted by Crippen LogP contribution is -1.95. The van der Waals surface area contributed by atoms with Crippen molar-refractivity contribution < 1.29 is 0 Å². The van der Waals surface area contributed by atoms with Crippen LogP contribution in [0.15, 0.2) is 73.3 Å². The van der Waals surface area contributed by atoms with Crippen LogP contribution in [0.3, 0.4) is 0 Å². The molecule has 1 aromatic carbocycles. The first-order chi connectivity index (χ1) is 11.4. The van der Waals surface area contributed by atoms with Gasteiger partial charge in [-0.05, 0) is 47.5 Å². The third kappa shape index (κ3) is 2.85. The number of fused-ring (bicyclic) bond motifs is 1. The predicted octanol–water partition coefficient (Wildman–Crippen LogP) is 3.83. The fourth-order valence-electron chi connectivity index (χ4n) is 2.39. The monoisotopic (exact) mass is 299 g/mol. The molecule has 0 amide bonds. The molecule has 0 bridgehead atoms. The molecule has 23 heavy (non-hydrogen) atoms. The van der Waals surface area contributed by atoms with Crippen molar-refractivity contribution in [2.75, 3.05) is 5.32 Å². The van der Waals surface area contributed by atoms with Gasteiger partial charge in [0.1, 0.15) is 11.6 Å². The molecule has 1 N–H and O–H groups in total. The molecule has 5 heteroatoms. The van der Waals surface area contributed by atoms with Gasteiger partial charge in [0, 0.05) is 24.8 Å². The zero-order chi connectivity index (χ0) is 15.5. The molecule has 0 saturated carbocycles. The summed E-state index contributed by atoms with van der Waals surface area (Å²) >= 11 is 0. The second-order valence-electron chi connectivity index (χ2n) is 5.03. The van der Waals surface area contributed by atoms with Gasteiger partial charge < -0.3 is 5.32 Å². The average molecular weight is 299 g/mol. The Morgan fingerprint density at radius 1 is 0.565 bits per heavy atom. The van der Waals surface area contributed by atoms with Gasteiger partial charge in [-0.3, -0.25) is 9.97 Å². The second kappa shape index (κ2) is 5.81. The molecule has 5 nitrogen and oxygen atoms in total. The normalized spacial score (nSPS) is 10.6. The molecule has 4 rings (SSSR count). The SMILES string of the molecule is c1ccc(Nc2cc(-c3ccc4nccnc4c3)ccn2)nc1. The highest BCUT2D eigenvalue weighted by Gasteiger charge is 2.03. The summed E-state index contributed by atoms with van der Waals surface area (Å²) in [7, 11) is 0. The van der Waals surface area contributed by atoms with Crippen LogP contribution < -0.4 is 5.32 Å². The Balaban J connectivity index is 1.69. The van der Waals surface area contributed by atoms with Crippen molar-refractivity contribution in [2.45, 2.75) is 0 Å². The highest BCUT2D eigenvalue weighted by molar-refractivity contribution is 5.81. The van der Waals surface area contributed by atoms with Crippen molar-refractivity contribution in [3.63, 3.8) is 0 Å². The Bertz CT molecular complexity index is 953. The van der Waals surface area contributed by atoms with Gasteiger partial charge in [0.05, 0.1) is 11.0 Å². The maximum atomic E-state index is 4.35. The standard InChI is InChI=1S/C18H13N5/c1-2-7-21-17(3-1)23-18-12-14(6-8-22-18)13-4-5-15-16(11-13)20-10-9-19-15/h1-12H,(H,21,22,23). The van der Waals surface area contributed by atoms with E-state index in [2.05, 4.69) is 25.3 Å². The number of anilines is 2. The molecule has 0 spiro atoms. The first-order valence-electron chi connectivity index (χ1n) is 7.24. The number of nitrogens with zero attached hydrogens (tertiary/aromatic N) is 4. The molecule has 0 aliphatic carbocycles. The van der Waals surface area contributed by atoms with Gasteiger partial charge in [-0.1, -0.05) is 12.1 Å². The van der Waals surface area contributed by atoms with Gasteiger partial charge in [-0.25, -0.2) is 9.97 Å². The maximum Gasteiger partial charge on any atom is 0.132 e. The van der Waals surface area contributed by atoms with Gasteiger partial charge in [0.15, 0.2) is 0 Å². The lowest BCUT2D eigenvalue weighted by Gasteiger charge is -2.07. The molecule has 3 heterocycles. The Labute approximate surface area is 133 Å². The van der Waals surface area contributed by atoms with Crippen molar-refractivity contribution in [3.8, 4) is 11.1 Å². The Morgan fingerprint density at radius 2 is 1.39 bits per heavy atom. The molecular weight excluding hydrogens is 286 g/mol. The first-order valence-corrected chi connectivity index (χ1v) is 7.24. The van der Waals surface area contributed by atoms with Gasteiger partial charge in [0.25, 0.3) is 0 Å². The number of benzene rings is 1. The lowest BCUT2D eigenvalue weighted by atomic mass is 10.1. The molecule has 0 fully saturated rings. The van der Waals surface area contributed by atoms with E-state index < -0.39 is 0 Å². The first kappa shape index (κ1) is 13.3. The number of hydrogen-bond acceptors (Lipinski definition) is 5. The van der Waals surface area contributed by atoms with E-state index in [1.807, 2.05) is 48.5 Å². The summed E-state index contributed by atoms with van der Waals surface area (Å²) in [5.74, 6) is 1.52. The van der Waals surface area contributed by atoms with Crippen LogP contribution >= 0.6 is 0 Å². The summed E-state index contributed by atoms with van der Waals surface area (Å²) in [5, 5.41) is 3.20. The molecule has 3 aromatic heterocycles. The molecule has 110 valence electrons. The number of rotatable bonds is 3. The zero-order valence-electron chi connectivity index (χ0n) is 12.2. The molecule has 0 unspecified atom stereocenters. The number of aromatic nitrogens is 4. The fourth-order valence-corrected chi connectivity index (χ4v) is 2.39. The van der Waals surface area contributed by atoms with Crippen molar-refractivity contribution >= 4 is 22.7 Å². The molecule has 0 saturated heterocycles. The molecule has 0 aliphatic rings. The van der Waals surface area contributed by atoms with Crippen LogP contribution in [0.4, 0.5) is 11.6 Å². The van der Waals surface area contributed by atoms with Gasteiger partial charge >= 0.3 is 0 Å². The summed E-state index contributed by atoms with van der Waals surface area (Å²) in [6.07, 6.45) is 6.92. The Kier molecular flexibility index (Phi) is 3.37. The van der Waals surface area contributed by atoms with E-state index in [1.165, 1.54) is 0 Å². The summed E-state index contributed by atoms with van der Waals surface area (Å²) < 4.78 is 0. The summed E-state index contributed by atoms with van der Waals surface area (Å²) in [6.45, 7) is 0. The van der Waals surface area contributed by atoms with Crippen LogP contribution in [-0.4, -0.2) is 19.9 Å². The highest BCUT2D eigenvalue weighted by Crippen LogP contribution is 2.24. The van der Waals surface area contributed by atoms with E-state index >= 15 is 0 Å². The fraction of sp³-hybridized carbons (Fsp3) is 0. The van der Waals surface area contributed by atoms with Crippen LogP contribution in [0.5, 0.6) is 0 Å². The van der Waals surface area contributed by atoms with E-state index in [0.717, 1.165) is 33.8 Å². The summed E-state index contributed by atoms with van der Waals surface area (Å²) in [5.41, 5.74) is 3.90. The van der Waals surface area contributed by atoms with E-state index in [4.69, 9.17) is 0 Å². The summed E-state index contributed by atoms with van der Waals surface area (Å²) in [4.78, 5) is 17.2. The second-order valence-corrected chi connectivity index (χ2v) is 5.03. The van der Waals surface area contributed by atoms with Gasteiger partial charge in [-0.2, -0.15) is 0 Å². The topological polar surface area (TPSA) is 63.6 Å². The minimum absolute atomic E-state index is 0.750. The third-order valence-electron chi connectivity index (χ3n) is 3.48. The maximum absolute atomic E-state index is 4.35. The van der Waals surface area contributed by atoms with Crippen molar-refractivity contribution in [3.05, 3.63) is 73.3 Å². The van der Waals surface area contributed by atoms with Crippen molar-refractivity contribution in [1.82, 2.24) is 19.9 Å².